The summed E-state index contributed by atoms with van der Waals surface area (Å²) in [6.45, 7) is 1.92. The Bertz CT molecular complexity index is 642. The Kier molecular flexibility index (Phi) is 4.49. The van der Waals surface area contributed by atoms with Gasteiger partial charge in [-0.1, -0.05) is 35.2 Å². The number of thioether (sulfide) groups is 1. The number of aliphatic imine (C=N–C) groups is 1. The normalized spacial score (nSPS) is 11.1. The second kappa shape index (κ2) is 6.31. The van der Waals surface area contributed by atoms with Gasteiger partial charge in [0.1, 0.15) is 10.0 Å². The van der Waals surface area contributed by atoms with Gasteiger partial charge in [0.05, 0.1) is 5.69 Å². The standard InChI is InChI=1S/C12H11N5S2/c1-8-16-17-11(19-8)9-4-3-5-10(6-9)15-12(18-2)14-7-13/h3-6H,1-2H3,(H,14,15). The van der Waals surface area contributed by atoms with Crippen LogP contribution in [0, 0.1) is 18.4 Å². The molecule has 7 heteroatoms. The van der Waals surface area contributed by atoms with E-state index in [4.69, 9.17) is 5.26 Å². The van der Waals surface area contributed by atoms with Crippen molar-refractivity contribution >= 4 is 34.0 Å². The summed E-state index contributed by atoms with van der Waals surface area (Å²) in [5.74, 6) is 0. The van der Waals surface area contributed by atoms with Gasteiger partial charge in [-0.3, -0.25) is 5.32 Å². The maximum absolute atomic E-state index is 8.61. The molecule has 0 unspecified atom stereocenters. The number of nitrogens with one attached hydrogen (secondary N) is 1. The van der Waals surface area contributed by atoms with Crippen LogP contribution in [0.1, 0.15) is 5.01 Å². The summed E-state index contributed by atoms with van der Waals surface area (Å²) in [7, 11) is 0. The average molecular weight is 289 g/mol. The predicted molar refractivity (Wildman–Crippen MR) is 79.4 cm³/mol. The fraction of sp³-hybridized carbons (Fsp3) is 0.167. The minimum Gasteiger partial charge on any atom is -0.271 e. The molecule has 0 saturated heterocycles. The summed E-state index contributed by atoms with van der Waals surface area (Å²) in [6, 6.07) is 7.69. The van der Waals surface area contributed by atoms with E-state index in [1.165, 1.54) is 11.8 Å². The van der Waals surface area contributed by atoms with Crippen molar-refractivity contribution in [2.45, 2.75) is 6.92 Å². The summed E-state index contributed by atoms with van der Waals surface area (Å²) < 4.78 is 0. The molecule has 2 rings (SSSR count). The summed E-state index contributed by atoms with van der Waals surface area (Å²) in [4.78, 5) is 4.36. The number of aryl methyl sites for hydroxylation is 1. The lowest BCUT2D eigenvalue weighted by molar-refractivity contribution is 1.05. The number of rotatable bonds is 2. The second-order valence-electron chi connectivity index (χ2n) is 3.53. The SMILES string of the molecule is CSC(=Nc1cccc(-c2nnc(C)s2)c1)NC#N. The van der Waals surface area contributed by atoms with Crippen LogP contribution in [0.25, 0.3) is 10.6 Å². The zero-order valence-corrected chi connectivity index (χ0v) is 12.0. The van der Waals surface area contributed by atoms with Crippen LogP contribution in [-0.4, -0.2) is 21.6 Å². The molecule has 0 amide bonds. The van der Waals surface area contributed by atoms with Gasteiger partial charge in [0.25, 0.3) is 0 Å². The molecule has 0 bridgehead atoms. The Labute approximate surface area is 119 Å². The summed E-state index contributed by atoms with van der Waals surface area (Å²) >= 11 is 2.93. The van der Waals surface area contributed by atoms with Crippen LogP contribution < -0.4 is 5.32 Å². The Hall–Kier alpha value is -1.91. The lowest BCUT2D eigenvalue weighted by atomic mass is 10.2. The lowest BCUT2D eigenvalue weighted by Crippen LogP contribution is -2.12. The maximum Gasteiger partial charge on any atom is 0.183 e. The molecule has 1 aromatic heterocycles. The highest BCUT2D eigenvalue weighted by atomic mass is 32.2. The van der Waals surface area contributed by atoms with E-state index in [-0.39, 0.29) is 0 Å². The molecule has 0 radical (unpaired) electrons. The Morgan fingerprint density at radius 1 is 1.47 bits per heavy atom. The molecular weight excluding hydrogens is 278 g/mol. The maximum atomic E-state index is 8.61. The number of nitrogens with zero attached hydrogens (tertiary/aromatic N) is 4. The third-order valence-electron chi connectivity index (χ3n) is 2.21. The van der Waals surface area contributed by atoms with Gasteiger partial charge in [-0.05, 0) is 25.3 Å². The van der Waals surface area contributed by atoms with Gasteiger partial charge in [-0.15, -0.1) is 10.2 Å². The molecule has 0 fully saturated rings. The molecular formula is C12H11N5S2. The van der Waals surface area contributed by atoms with E-state index in [0.29, 0.717) is 5.17 Å². The van der Waals surface area contributed by atoms with Crippen molar-refractivity contribution in [2.75, 3.05) is 6.26 Å². The van der Waals surface area contributed by atoms with Gasteiger partial charge in [-0.2, -0.15) is 5.26 Å². The highest BCUT2D eigenvalue weighted by Crippen LogP contribution is 2.26. The molecule has 19 heavy (non-hydrogen) atoms. The molecule has 1 heterocycles. The smallest absolute Gasteiger partial charge is 0.183 e. The molecule has 0 spiro atoms. The lowest BCUT2D eigenvalue weighted by Gasteiger charge is -2.01. The first-order valence-corrected chi connectivity index (χ1v) is 7.45. The van der Waals surface area contributed by atoms with E-state index in [0.717, 1.165) is 21.3 Å². The van der Waals surface area contributed by atoms with Crippen molar-refractivity contribution in [1.29, 1.82) is 5.26 Å². The molecule has 2 aromatic rings. The number of nitriles is 1. The van der Waals surface area contributed by atoms with Gasteiger partial charge in [0, 0.05) is 5.56 Å². The molecule has 0 saturated carbocycles. The van der Waals surface area contributed by atoms with Crippen molar-refractivity contribution in [1.82, 2.24) is 15.5 Å². The van der Waals surface area contributed by atoms with Crippen LogP contribution in [0.2, 0.25) is 0 Å². The predicted octanol–water partition coefficient (Wildman–Crippen LogP) is 2.93. The van der Waals surface area contributed by atoms with Gasteiger partial charge in [0.15, 0.2) is 11.4 Å². The van der Waals surface area contributed by atoms with Crippen molar-refractivity contribution in [2.24, 2.45) is 4.99 Å². The average Bonchev–Trinajstić information content (AvgIpc) is 2.85. The minimum absolute atomic E-state index is 0.563. The van der Waals surface area contributed by atoms with Crippen molar-refractivity contribution < 1.29 is 0 Å². The molecule has 0 atom stereocenters. The second-order valence-corrected chi connectivity index (χ2v) is 5.51. The summed E-state index contributed by atoms with van der Waals surface area (Å²) in [5, 5.41) is 21.6. The molecule has 5 nitrogen and oxygen atoms in total. The van der Waals surface area contributed by atoms with Gasteiger partial charge >= 0.3 is 0 Å². The van der Waals surface area contributed by atoms with Crippen molar-refractivity contribution in [3.63, 3.8) is 0 Å². The molecule has 0 aliphatic heterocycles. The topological polar surface area (TPSA) is 74.0 Å². The number of aromatic nitrogens is 2. The van der Waals surface area contributed by atoms with Crippen LogP contribution in [0.5, 0.6) is 0 Å². The van der Waals surface area contributed by atoms with Crippen molar-refractivity contribution in [3.05, 3.63) is 29.3 Å². The largest absolute Gasteiger partial charge is 0.271 e. The highest BCUT2D eigenvalue weighted by Gasteiger charge is 2.05. The van der Waals surface area contributed by atoms with Gasteiger partial charge in [-0.25, -0.2) is 4.99 Å². The van der Waals surface area contributed by atoms with E-state index in [2.05, 4.69) is 20.5 Å². The Morgan fingerprint density at radius 2 is 2.32 bits per heavy atom. The Morgan fingerprint density at radius 3 is 2.95 bits per heavy atom. The van der Waals surface area contributed by atoms with Gasteiger partial charge < -0.3 is 0 Å². The molecule has 0 aliphatic rings. The van der Waals surface area contributed by atoms with Crippen LogP contribution in [0.15, 0.2) is 29.3 Å². The minimum atomic E-state index is 0.563. The zero-order chi connectivity index (χ0) is 13.7. The molecule has 0 aliphatic carbocycles. The van der Waals surface area contributed by atoms with Crippen LogP contribution in [0.4, 0.5) is 5.69 Å². The first-order valence-electron chi connectivity index (χ1n) is 5.41. The monoisotopic (exact) mass is 289 g/mol. The summed E-state index contributed by atoms with van der Waals surface area (Å²) in [5.41, 5.74) is 1.75. The third kappa shape index (κ3) is 3.53. The van der Waals surface area contributed by atoms with E-state index in [9.17, 15) is 0 Å². The first kappa shape index (κ1) is 13.5. The molecule has 1 aromatic carbocycles. The molecule has 96 valence electrons. The third-order valence-corrected chi connectivity index (χ3v) is 3.67. The first-order chi connectivity index (χ1) is 9.22. The van der Waals surface area contributed by atoms with Crippen LogP contribution in [0.3, 0.4) is 0 Å². The Balaban J connectivity index is 2.32. The van der Waals surface area contributed by atoms with E-state index in [1.54, 1.807) is 11.3 Å². The van der Waals surface area contributed by atoms with E-state index >= 15 is 0 Å². The van der Waals surface area contributed by atoms with Crippen LogP contribution in [-0.2, 0) is 0 Å². The van der Waals surface area contributed by atoms with Gasteiger partial charge in [0.2, 0.25) is 0 Å². The van der Waals surface area contributed by atoms with Crippen molar-refractivity contribution in [3.8, 4) is 16.8 Å². The summed E-state index contributed by atoms with van der Waals surface area (Å²) in [6.07, 6.45) is 3.73. The quantitative estimate of drug-likeness (QED) is 0.398. The zero-order valence-electron chi connectivity index (χ0n) is 10.4. The van der Waals surface area contributed by atoms with E-state index < -0.39 is 0 Å². The highest BCUT2D eigenvalue weighted by molar-refractivity contribution is 8.13. The number of hydrogen-bond acceptors (Lipinski definition) is 6. The number of hydrogen-bond donors (Lipinski definition) is 1. The fourth-order valence-electron chi connectivity index (χ4n) is 1.41. The number of amidine groups is 1. The van der Waals surface area contributed by atoms with Crippen LogP contribution >= 0.6 is 23.1 Å². The fourth-order valence-corrected chi connectivity index (χ4v) is 2.44. The molecule has 1 N–H and O–H groups in total. The number of benzene rings is 1. The van der Waals surface area contributed by atoms with E-state index in [1.807, 2.05) is 43.6 Å².